The van der Waals surface area contributed by atoms with Crippen molar-refractivity contribution in [2.45, 2.75) is 251 Å². The lowest BCUT2D eigenvalue weighted by Crippen LogP contribution is -2.28. The van der Waals surface area contributed by atoms with E-state index in [2.05, 4.69) is 160 Å². The number of carbonyl (C=O) groups is 2. The van der Waals surface area contributed by atoms with Crippen LogP contribution in [0.25, 0.3) is 0 Å². The summed E-state index contributed by atoms with van der Waals surface area (Å²) in [5.74, 6) is -0.618. The monoisotopic (exact) mass is 993 g/mol. The smallest absolute Gasteiger partial charge is 0.306 e. The van der Waals surface area contributed by atoms with Crippen LogP contribution in [0, 0.1) is 0 Å². The van der Waals surface area contributed by atoms with Gasteiger partial charge in [0.05, 0.1) is 6.61 Å². The van der Waals surface area contributed by atoms with Crippen LogP contribution in [0.1, 0.15) is 245 Å². The molecule has 0 saturated carbocycles. The van der Waals surface area contributed by atoms with Crippen LogP contribution in [0.5, 0.6) is 0 Å². The average molecular weight is 994 g/mol. The molecule has 1 N–H and O–H groups in total. The van der Waals surface area contributed by atoms with Crippen LogP contribution < -0.4 is 0 Å². The molecule has 72 heavy (non-hydrogen) atoms. The molecule has 0 spiro atoms. The third-order valence-corrected chi connectivity index (χ3v) is 12.1. The van der Waals surface area contributed by atoms with E-state index in [0.29, 0.717) is 12.8 Å². The van der Waals surface area contributed by atoms with E-state index in [4.69, 9.17) is 9.47 Å². The van der Waals surface area contributed by atoms with Crippen molar-refractivity contribution in [3.05, 3.63) is 146 Å². The Morgan fingerprint density at radius 2 is 0.556 bits per heavy atom. The van der Waals surface area contributed by atoms with Gasteiger partial charge >= 0.3 is 11.9 Å². The highest BCUT2D eigenvalue weighted by molar-refractivity contribution is 5.70. The minimum atomic E-state index is -0.791. The number of carbonyl (C=O) groups excluding carboxylic acids is 2. The molecule has 406 valence electrons. The lowest BCUT2D eigenvalue weighted by Gasteiger charge is -2.15. The topological polar surface area (TPSA) is 72.8 Å². The SMILES string of the molecule is CC/C=C\C/C=C\C/C=C\C/C=C\C/C=C\C/C=C\C/C=C\CCCCCCCCCCCCCCCCCC(=O)OC(CO)COC(=O)CCCCCCC/C=C\C/C=C\C/C=C\C/C=C\C/C=C\CC. The number of allylic oxidation sites excluding steroid dienone is 24. The van der Waals surface area contributed by atoms with Crippen LogP contribution in [-0.4, -0.2) is 36.4 Å². The molecule has 0 aliphatic rings. The van der Waals surface area contributed by atoms with Gasteiger partial charge in [0.2, 0.25) is 0 Å². The van der Waals surface area contributed by atoms with E-state index in [-0.39, 0.29) is 25.2 Å². The molecule has 1 atom stereocenters. The van der Waals surface area contributed by atoms with Gasteiger partial charge in [0.15, 0.2) is 6.10 Å². The number of aliphatic hydroxyl groups is 1. The van der Waals surface area contributed by atoms with Gasteiger partial charge < -0.3 is 14.6 Å². The van der Waals surface area contributed by atoms with Crippen LogP contribution in [-0.2, 0) is 19.1 Å². The molecule has 0 saturated heterocycles. The Labute approximate surface area is 444 Å². The van der Waals surface area contributed by atoms with E-state index in [0.717, 1.165) is 135 Å². The summed E-state index contributed by atoms with van der Waals surface area (Å²) in [7, 11) is 0. The predicted molar refractivity (Wildman–Crippen MR) is 315 cm³/mol. The first kappa shape index (κ1) is 67.8. The molecule has 1 unspecified atom stereocenters. The lowest BCUT2D eigenvalue weighted by atomic mass is 10.0. The summed E-state index contributed by atoms with van der Waals surface area (Å²) >= 11 is 0. The molecular weight excluding hydrogens is 885 g/mol. The number of unbranched alkanes of at least 4 members (excludes halogenated alkanes) is 20. The molecule has 0 aromatic rings. The molecular formula is C67H108O5. The van der Waals surface area contributed by atoms with Crippen molar-refractivity contribution in [2.75, 3.05) is 13.2 Å². The van der Waals surface area contributed by atoms with Gasteiger partial charge in [0.25, 0.3) is 0 Å². The highest BCUT2D eigenvalue weighted by Crippen LogP contribution is 2.15. The quantitative estimate of drug-likeness (QED) is 0.0373. The Morgan fingerprint density at radius 1 is 0.319 bits per heavy atom. The highest BCUT2D eigenvalue weighted by atomic mass is 16.6. The molecule has 0 aromatic carbocycles. The number of ether oxygens (including phenoxy) is 2. The Balaban J connectivity index is 3.55. The number of hydrogen-bond donors (Lipinski definition) is 1. The molecule has 0 fully saturated rings. The number of esters is 2. The number of hydrogen-bond acceptors (Lipinski definition) is 5. The number of rotatable bonds is 52. The maximum absolute atomic E-state index is 12.3. The second kappa shape index (κ2) is 61.1. The summed E-state index contributed by atoms with van der Waals surface area (Å²) in [6, 6.07) is 0. The maximum Gasteiger partial charge on any atom is 0.306 e. The standard InChI is InChI=1S/C67H108O5/c1-3-5-7-9-11-13-15-17-19-21-23-25-26-27-28-29-30-31-32-33-34-35-36-37-38-39-40-42-44-46-48-50-52-54-56-58-60-62-67(70)72-65(63-68)64-71-66(69)61-59-57-55-53-51-49-47-45-43-41-24-22-20-18-16-14-12-10-8-6-4-2/h5-8,11-14,17-20,23-25,27-28,30-31,33-34,41,45,47,65,68H,3-4,9-10,15-16,21-22,26,29,32,35-40,42-44,46,48-64H2,1-2H3/b7-5-,8-6-,13-11-,14-12-,19-17-,20-18-,25-23-,28-27-,31-30-,34-33-,41-24-,47-45-. The van der Waals surface area contributed by atoms with Crippen LogP contribution in [0.3, 0.4) is 0 Å². The summed E-state index contributed by atoms with van der Waals surface area (Å²) in [6.07, 6.45) is 92.5. The van der Waals surface area contributed by atoms with Crippen molar-refractivity contribution in [3.8, 4) is 0 Å². The van der Waals surface area contributed by atoms with Crippen LogP contribution in [0.15, 0.2) is 146 Å². The van der Waals surface area contributed by atoms with Crippen LogP contribution in [0.4, 0.5) is 0 Å². The molecule has 0 aliphatic heterocycles. The fourth-order valence-electron chi connectivity index (χ4n) is 7.80. The van der Waals surface area contributed by atoms with Crippen molar-refractivity contribution in [3.63, 3.8) is 0 Å². The second-order valence-corrected chi connectivity index (χ2v) is 19.0. The first-order chi connectivity index (χ1) is 35.6. The molecule has 5 nitrogen and oxygen atoms in total. The van der Waals surface area contributed by atoms with Gasteiger partial charge in [0.1, 0.15) is 6.61 Å². The zero-order chi connectivity index (χ0) is 52.0. The average Bonchev–Trinajstić information content (AvgIpc) is 3.38. The van der Waals surface area contributed by atoms with Gasteiger partial charge in [-0.25, -0.2) is 0 Å². The van der Waals surface area contributed by atoms with Crippen molar-refractivity contribution in [1.82, 2.24) is 0 Å². The minimum absolute atomic E-state index is 0.0833. The molecule has 0 rings (SSSR count). The fourth-order valence-corrected chi connectivity index (χ4v) is 7.80. The third-order valence-electron chi connectivity index (χ3n) is 12.1. The molecule has 0 aliphatic carbocycles. The largest absolute Gasteiger partial charge is 0.462 e. The molecule has 0 aromatic heterocycles. The fraction of sp³-hybridized carbons (Fsp3) is 0.612. The molecule has 0 radical (unpaired) electrons. The van der Waals surface area contributed by atoms with Crippen LogP contribution in [0.2, 0.25) is 0 Å². The zero-order valence-corrected chi connectivity index (χ0v) is 46.4. The highest BCUT2D eigenvalue weighted by Gasteiger charge is 2.16. The molecule has 0 bridgehead atoms. The van der Waals surface area contributed by atoms with Crippen molar-refractivity contribution in [2.24, 2.45) is 0 Å². The van der Waals surface area contributed by atoms with Gasteiger partial charge in [-0.1, -0.05) is 262 Å². The first-order valence-corrected chi connectivity index (χ1v) is 29.4. The third kappa shape index (κ3) is 58.4. The van der Waals surface area contributed by atoms with E-state index in [9.17, 15) is 14.7 Å². The summed E-state index contributed by atoms with van der Waals surface area (Å²) in [5, 5.41) is 9.66. The molecule has 0 heterocycles. The normalized spacial score (nSPS) is 13.3. The van der Waals surface area contributed by atoms with E-state index >= 15 is 0 Å². The Morgan fingerprint density at radius 3 is 0.833 bits per heavy atom. The van der Waals surface area contributed by atoms with Crippen molar-refractivity contribution in [1.29, 1.82) is 0 Å². The number of aliphatic hydroxyl groups excluding tert-OH is 1. The second-order valence-electron chi connectivity index (χ2n) is 19.0. The van der Waals surface area contributed by atoms with Gasteiger partial charge in [-0.15, -0.1) is 0 Å². The van der Waals surface area contributed by atoms with Crippen molar-refractivity contribution >= 4 is 11.9 Å². The van der Waals surface area contributed by atoms with Gasteiger partial charge in [-0.05, 0) is 116 Å². The Hall–Kier alpha value is -4.22. The summed E-state index contributed by atoms with van der Waals surface area (Å²) in [5.41, 5.74) is 0. The molecule has 0 amide bonds. The van der Waals surface area contributed by atoms with E-state index < -0.39 is 6.10 Å². The van der Waals surface area contributed by atoms with Crippen molar-refractivity contribution < 1.29 is 24.2 Å². The van der Waals surface area contributed by atoms with E-state index in [1.807, 2.05) is 0 Å². The predicted octanol–water partition coefficient (Wildman–Crippen LogP) is 20.2. The van der Waals surface area contributed by atoms with Gasteiger partial charge in [-0.2, -0.15) is 0 Å². The maximum atomic E-state index is 12.3. The zero-order valence-electron chi connectivity index (χ0n) is 46.4. The Kier molecular flexibility index (Phi) is 57.5. The summed E-state index contributed by atoms with van der Waals surface area (Å²) in [4.78, 5) is 24.5. The Bertz CT molecular complexity index is 1540. The lowest BCUT2D eigenvalue weighted by molar-refractivity contribution is -0.161. The van der Waals surface area contributed by atoms with E-state index in [1.54, 1.807) is 0 Å². The van der Waals surface area contributed by atoms with Gasteiger partial charge in [-0.3, -0.25) is 9.59 Å². The summed E-state index contributed by atoms with van der Waals surface area (Å²) in [6.45, 7) is 3.89. The minimum Gasteiger partial charge on any atom is -0.462 e. The first-order valence-electron chi connectivity index (χ1n) is 29.4. The van der Waals surface area contributed by atoms with E-state index in [1.165, 1.54) is 83.5 Å². The van der Waals surface area contributed by atoms with Crippen LogP contribution >= 0.6 is 0 Å². The molecule has 5 heteroatoms. The summed E-state index contributed by atoms with van der Waals surface area (Å²) < 4.78 is 10.7. The van der Waals surface area contributed by atoms with Gasteiger partial charge in [0, 0.05) is 12.8 Å².